The van der Waals surface area contributed by atoms with E-state index in [9.17, 15) is 9.59 Å². The van der Waals surface area contributed by atoms with Crippen molar-refractivity contribution in [1.82, 2.24) is 5.32 Å². The zero-order valence-electron chi connectivity index (χ0n) is 15.6. The number of para-hydroxylation sites is 2. The molecule has 2 aromatic carbocycles. The van der Waals surface area contributed by atoms with E-state index in [0.29, 0.717) is 18.0 Å². The van der Waals surface area contributed by atoms with Crippen molar-refractivity contribution >= 4 is 23.6 Å². The van der Waals surface area contributed by atoms with Crippen LogP contribution in [0.2, 0.25) is 0 Å². The number of aryl methyl sites for hydroxylation is 1. The number of amides is 2. The molecule has 27 heavy (non-hydrogen) atoms. The smallest absolute Gasteiger partial charge is 0.262 e. The summed E-state index contributed by atoms with van der Waals surface area (Å²) in [5, 5.41) is 2.84. The van der Waals surface area contributed by atoms with Gasteiger partial charge in [-0.15, -0.1) is 0 Å². The van der Waals surface area contributed by atoms with Gasteiger partial charge in [-0.1, -0.05) is 43.3 Å². The molecule has 0 radical (unpaired) electrons. The van der Waals surface area contributed by atoms with Crippen molar-refractivity contribution in [2.75, 3.05) is 18.0 Å². The summed E-state index contributed by atoms with van der Waals surface area (Å²) in [6.45, 7) is 4.76. The molecule has 1 heterocycles. The first kappa shape index (κ1) is 18.7. The maximum Gasteiger partial charge on any atom is 0.262 e. The highest BCUT2D eigenvalue weighted by atomic mass is 16.5. The van der Waals surface area contributed by atoms with Crippen LogP contribution in [0.25, 0.3) is 6.08 Å². The molecule has 0 fully saturated rings. The predicted molar refractivity (Wildman–Crippen MR) is 107 cm³/mol. The van der Waals surface area contributed by atoms with Crippen LogP contribution < -0.4 is 15.0 Å². The lowest BCUT2D eigenvalue weighted by molar-refractivity contribution is -0.128. The standard InChI is InChI=1S/C22H24N2O3/c1-3-14-23-22(26)20-15-24(18-10-6-7-11-19(18)27-20)21(25)13-12-17-9-5-4-8-16(17)2/h4-13,20H,3,14-15H2,1-2H3,(H,23,26)/b13-12+/t20-/m0/s1. The topological polar surface area (TPSA) is 58.6 Å². The maximum atomic E-state index is 12.9. The maximum absolute atomic E-state index is 12.9. The van der Waals surface area contributed by atoms with Gasteiger partial charge in [0.2, 0.25) is 0 Å². The molecule has 5 nitrogen and oxygen atoms in total. The Morgan fingerprint density at radius 2 is 1.93 bits per heavy atom. The summed E-state index contributed by atoms with van der Waals surface area (Å²) in [6, 6.07) is 15.2. The molecule has 1 N–H and O–H groups in total. The average Bonchev–Trinajstić information content (AvgIpc) is 2.70. The third kappa shape index (κ3) is 4.37. The van der Waals surface area contributed by atoms with E-state index in [1.54, 1.807) is 17.0 Å². The van der Waals surface area contributed by atoms with Gasteiger partial charge in [0.15, 0.2) is 6.10 Å². The number of ether oxygens (including phenoxy) is 1. The number of rotatable bonds is 5. The number of anilines is 1. The van der Waals surface area contributed by atoms with Crippen LogP contribution in [0.1, 0.15) is 24.5 Å². The first-order chi connectivity index (χ1) is 13.1. The quantitative estimate of drug-likeness (QED) is 0.828. The fourth-order valence-electron chi connectivity index (χ4n) is 2.97. The summed E-state index contributed by atoms with van der Waals surface area (Å²) in [4.78, 5) is 26.8. The van der Waals surface area contributed by atoms with Gasteiger partial charge in [-0.25, -0.2) is 0 Å². The Balaban J connectivity index is 1.83. The fraction of sp³-hybridized carbons (Fsp3) is 0.273. The van der Waals surface area contributed by atoms with Crippen LogP contribution in [-0.2, 0) is 9.59 Å². The highest BCUT2D eigenvalue weighted by Crippen LogP contribution is 2.33. The summed E-state index contributed by atoms with van der Waals surface area (Å²) < 4.78 is 5.82. The van der Waals surface area contributed by atoms with Crippen LogP contribution in [0.4, 0.5) is 5.69 Å². The minimum absolute atomic E-state index is 0.178. The Hall–Kier alpha value is -3.08. The number of hydrogen-bond donors (Lipinski definition) is 1. The molecular formula is C22H24N2O3. The van der Waals surface area contributed by atoms with E-state index in [1.165, 1.54) is 0 Å². The van der Waals surface area contributed by atoms with Gasteiger partial charge in [0.05, 0.1) is 12.2 Å². The van der Waals surface area contributed by atoms with Crippen molar-refractivity contribution < 1.29 is 14.3 Å². The molecule has 1 atom stereocenters. The van der Waals surface area contributed by atoms with Crippen LogP contribution in [0.3, 0.4) is 0 Å². The number of carbonyl (C=O) groups excluding carboxylic acids is 2. The van der Waals surface area contributed by atoms with Crippen LogP contribution in [0, 0.1) is 6.92 Å². The number of benzene rings is 2. The Morgan fingerprint density at radius 3 is 2.70 bits per heavy atom. The second-order valence-corrected chi connectivity index (χ2v) is 6.50. The van der Waals surface area contributed by atoms with E-state index in [4.69, 9.17) is 4.74 Å². The summed E-state index contributed by atoms with van der Waals surface area (Å²) in [5.74, 6) is 0.160. The van der Waals surface area contributed by atoms with Gasteiger partial charge in [0.25, 0.3) is 11.8 Å². The van der Waals surface area contributed by atoms with E-state index in [-0.39, 0.29) is 18.4 Å². The van der Waals surface area contributed by atoms with E-state index in [1.807, 2.05) is 62.4 Å². The van der Waals surface area contributed by atoms with Crippen molar-refractivity contribution in [2.24, 2.45) is 0 Å². The molecule has 1 aliphatic rings. The molecule has 0 bridgehead atoms. The van der Waals surface area contributed by atoms with Crippen molar-refractivity contribution in [3.63, 3.8) is 0 Å². The van der Waals surface area contributed by atoms with Crippen LogP contribution >= 0.6 is 0 Å². The molecule has 2 aromatic rings. The molecule has 0 spiro atoms. The van der Waals surface area contributed by atoms with Gasteiger partial charge >= 0.3 is 0 Å². The highest BCUT2D eigenvalue weighted by molar-refractivity contribution is 6.05. The third-order valence-electron chi connectivity index (χ3n) is 4.48. The molecule has 0 aliphatic carbocycles. The second kappa shape index (κ2) is 8.54. The Bertz CT molecular complexity index is 860. The first-order valence-electron chi connectivity index (χ1n) is 9.18. The summed E-state index contributed by atoms with van der Waals surface area (Å²) in [6.07, 6.45) is 3.48. The summed E-state index contributed by atoms with van der Waals surface area (Å²) in [5.41, 5.74) is 2.77. The monoisotopic (exact) mass is 364 g/mol. The van der Waals surface area contributed by atoms with Gasteiger partial charge < -0.3 is 15.0 Å². The molecule has 5 heteroatoms. The molecule has 140 valence electrons. The van der Waals surface area contributed by atoms with Crippen LogP contribution in [-0.4, -0.2) is 31.0 Å². The number of hydrogen-bond acceptors (Lipinski definition) is 3. The Labute approximate surface area is 159 Å². The zero-order valence-corrected chi connectivity index (χ0v) is 15.6. The molecule has 2 amide bonds. The van der Waals surface area contributed by atoms with E-state index in [0.717, 1.165) is 17.5 Å². The molecule has 0 saturated heterocycles. The highest BCUT2D eigenvalue weighted by Gasteiger charge is 2.32. The molecular weight excluding hydrogens is 340 g/mol. The normalized spacial score (nSPS) is 15.9. The van der Waals surface area contributed by atoms with Crippen molar-refractivity contribution in [3.8, 4) is 5.75 Å². The van der Waals surface area contributed by atoms with Gasteiger partial charge in [-0.3, -0.25) is 9.59 Å². The lowest BCUT2D eigenvalue weighted by atomic mass is 10.1. The number of nitrogens with one attached hydrogen (secondary N) is 1. The van der Waals surface area contributed by atoms with Crippen molar-refractivity contribution in [2.45, 2.75) is 26.4 Å². The van der Waals surface area contributed by atoms with Gasteiger partial charge in [-0.05, 0) is 42.7 Å². The molecule has 1 aliphatic heterocycles. The van der Waals surface area contributed by atoms with Crippen molar-refractivity contribution in [1.29, 1.82) is 0 Å². The predicted octanol–water partition coefficient (Wildman–Crippen LogP) is 3.33. The molecule has 3 rings (SSSR count). The average molecular weight is 364 g/mol. The number of nitrogens with zero attached hydrogens (tertiary/aromatic N) is 1. The molecule has 0 saturated carbocycles. The van der Waals surface area contributed by atoms with Gasteiger partial charge in [0, 0.05) is 12.6 Å². The second-order valence-electron chi connectivity index (χ2n) is 6.50. The Morgan fingerprint density at radius 1 is 1.19 bits per heavy atom. The lowest BCUT2D eigenvalue weighted by Gasteiger charge is -2.33. The number of fused-ring (bicyclic) bond motifs is 1. The summed E-state index contributed by atoms with van der Waals surface area (Å²) >= 11 is 0. The SMILES string of the molecule is CCCNC(=O)[C@@H]1CN(C(=O)/C=C/c2ccccc2C)c2ccccc2O1. The van der Waals surface area contributed by atoms with E-state index < -0.39 is 6.10 Å². The van der Waals surface area contributed by atoms with E-state index >= 15 is 0 Å². The lowest BCUT2D eigenvalue weighted by Crippen LogP contribution is -2.50. The zero-order chi connectivity index (χ0) is 19.2. The third-order valence-corrected chi connectivity index (χ3v) is 4.48. The van der Waals surface area contributed by atoms with Gasteiger partial charge in [-0.2, -0.15) is 0 Å². The first-order valence-corrected chi connectivity index (χ1v) is 9.18. The minimum Gasteiger partial charge on any atom is -0.477 e. The Kier molecular flexibility index (Phi) is 5.91. The summed E-state index contributed by atoms with van der Waals surface area (Å²) in [7, 11) is 0. The largest absolute Gasteiger partial charge is 0.477 e. The van der Waals surface area contributed by atoms with Crippen LogP contribution in [0.5, 0.6) is 5.75 Å². The van der Waals surface area contributed by atoms with E-state index in [2.05, 4.69) is 5.32 Å². The number of carbonyl (C=O) groups is 2. The van der Waals surface area contributed by atoms with Crippen LogP contribution in [0.15, 0.2) is 54.6 Å². The molecule has 0 aromatic heterocycles. The fourth-order valence-corrected chi connectivity index (χ4v) is 2.97. The van der Waals surface area contributed by atoms with Gasteiger partial charge in [0.1, 0.15) is 5.75 Å². The molecule has 0 unspecified atom stereocenters. The minimum atomic E-state index is -0.720. The van der Waals surface area contributed by atoms with Crippen molar-refractivity contribution in [3.05, 3.63) is 65.7 Å².